The lowest BCUT2D eigenvalue weighted by atomic mass is 9.87. The predicted octanol–water partition coefficient (Wildman–Crippen LogP) is 6.03. The Morgan fingerprint density at radius 2 is 1.67 bits per heavy atom. The molecule has 0 fully saturated rings. The minimum Gasteiger partial charge on any atom is -0.496 e. The highest BCUT2D eigenvalue weighted by Crippen LogP contribution is 2.37. The number of nitrogens with one attached hydrogen (secondary N) is 1. The van der Waals surface area contributed by atoms with E-state index in [1.165, 1.54) is 39.2 Å². The molecule has 0 bridgehead atoms. The van der Waals surface area contributed by atoms with Crippen molar-refractivity contribution in [2.24, 2.45) is 0 Å². The van der Waals surface area contributed by atoms with Crippen LogP contribution in [0, 0.1) is 3.57 Å². The maximum absolute atomic E-state index is 14.0. The van der Waals surface area contributed by atoms with Crippen molar-refractivity contribution in [1.82, 2.24) is 10.2 Å². The zero-order valence-electron chi connectivity index (χ0n) is 29.1. The highest BCUT2D eigenvalue weighted by Gasteiger charge is 2.40. The van der Waals surface area contributed by atoms with Crippen LogP contribution in [0.1, 0.15) is 93.5 Å². The van der Waals surface area contributed by atoms with Crippen LogP contribution in [0.25, 0.3) is 0 Å². The van der Waals surface area contributed by atoms with E-state index in [2.05, 4.69) is 12.2 Å². The van der Waals surface area contributed by atoms with Crippen LogP contribution < -0.4 is 19.5 Å². The number of amides is 2. The molecule has 49 heavy (non-hydrogen) atoms. The summed E-state index contributed by atoms with van der Waals surface area (Å²) in [4.78, 5) is 40.5. The molecule has 11 heteroatoms. The lowest BCUT2D eigenvalue weighted by Gasteiger charge is -2.41. The molecule has 0 heterocycles. The van der Waals surface area contributed by atoms with Crippen LogP contribution in [0.2, 0.25) is 0 Å². The molecule has 270 valence electrons. The number of para-hydroxylation sites is 1. The van der Waals surface area contributed by atoms with E-state index in [-0.39, 0.29) is 25.5 Å². The van der Waals surface area contributed by atoms with Crippen LogP contribution in [0.15, 0.2) is 48.0 Å². The van der Waals surface area contributed by atoms with Crippen molar-refractivity contribution in [1.29, 1.82) is 0 Å². The maximum atomic E-state index is 14.0. The van der Waals surface area contributed by atoms with Crippen LogP contribution >= 0.6 is 22.6 Å². The molecular weight excluding hydrogens is 739 g/mol. The van der Waals surface area contributed by atoms with Gasteiger partial charge < -0.3 is 34.6 Å². The zero-order valence-corrected chi connectivity index (χ0v) is 31.3. The summed E-state index contributed by atoms with van der Waals surface area (Å²) in [5, 5.41) is 24.0. The molecule has 0 radical (unpaired) electrons. The number of aliphatic hydroxyl groups excluding tert-OH is 2. The van der Waals surface area contributed by atoms with Crippen molar-refractivity contribution in [2.45, 2.75) is 102 Å². The van der Waals surface area contributed by atoms with Crippen LogP contribution in [0.5, 0.6) is 17.2 Å². The first-order chi connectivity index (χ1) is 23.8. The second-order valence-corrected chi connectivity index (χ2v) is 13.6. The molecule has 1 aliphatic rings. The fourth-order valence-corrected chi connectivity index (χ4v) is 6.95. The van der Waals surface area contributed by atoms with Gasteiger partial charge in [0.2, 0.25) is 11.8 Å². The van der Waals surface area contributed by atoms with Crippen molar-refractivity contribution in [3.05, 3.63) is 62.7 Å². The SMILES string of the molecule is CCCCCCCCCCCC(=O)N(CCc1ccccc1OC)C1CC(C(=O)NCCO)=CC(Oc2c(I)cc(C=O)cc2OC)C1O. The summed E-state index contributed by atoms with van der Waals surface area (Å²) >= 11 is 2.04. The minimum atomic E-state index is -1.19. The molecule has 0 spiro atoms. The Morgan fingerprint density at radius 1 is 1.00 bits per heavy atom. The summed E-state index contributed by atoms with van der Waals surface area (Å²) in [7, 11) is 3.07. The Morgan fingerprint density at radius 3 is 2.33 bits per heavy atom. The number of aldehydes is 1. The first-order valence-electron chi connectivity index (χ1n) is 17.5. The molecular formula is C38H53IN2O8. The Hall–Kier alpha value is -3.16. The molecule has 1 aliphatic carbocycles. The number of unbranched alkanes of at least 4 members (excludes halogenated alkanes) is 8. The van der Waals surface area contributed by atoms with Gasteiger partial charge in [0.1, 0.15) is 24.2 Å². The molecule has 3 unspecified atom stereocenters. The normalized spacial score (nSPS) is 17.2. The molecule has 2 aromatic rings. The summed E-state index contributed by atoms with van der Waals surface area (Å²) in [6.07, 6.45) is 11.1. The van der Waals surface area contributed by atoms with Crippen molar-refractivity contribution in [2.75, 3.05) is 33.9 Å². The number of hydrogen-bond donors (Lipinski definition) is 3. The summed E-state index contributed by atoms with van der Waals surface area (Å²) < 4.78 is 18.0. The van der Waals surface area contributed by atoms with Crippen LogP contribution in [-0.4, -0.2) is 85.4 Å². The van der Waals surface area contributed by atoms with Gasteiger partial charge in [0.25, 0.3) is 0 Å². The van der Waals surface area contributed by atoms with Gasteiger partial charge in [-0.3, -0.25) is 14.4 Å². The summed E-state index contributed by atoms with van der Waals surface area (Å²) in [5.41, 5.74) is 1.67. The molecule has 0 aromatic heterocycles. The Labute approximate surface area is 304 Å². The van der Waals surface area contributed by atoms with Crippen LogP contribution in [-0.2, 0) is 16.0 Å². The first-order valence-corrected chi connectivity index (χ1v) is 18.5. The third kappa shape index (κ3) is 12.3. The minimum absolute atomic E-state index is 0.0584. The molecule has 3 atom stereocenters. The number of carbonyl (C=O) groups is 3. The highest BCUT2D eigenvalue weighted by molar-refractivity contribution is 14.1. The third-order valence-corrected chi connectivity index (χ3v) is 9.69. The maximum Gasteiger partial charge on any atom is 0.247 e. The van der Waals surface area contributed by atoms with E-state index in [4.69, 9.17) is 14.2 Å². The van der Waals surface area contributed by atoms with Crippen molar-refractivity contribution in [3.63, 3.8) is 0 Å². The van der Waals surface area contributed by atoms with Gasteiger partial charge >= 0.3 is 0 Å². The van der Waals surface area contributed by atoms with Gasteiger partial charge in [-0.1, -0.05) is 76.5 Å². The predicted molar refractivity (Wildman–Crippen MR) is 198 cm³/mol. The number of methoxy groups -OCH3 is 2. The lowest BCUT2D eigenvalue weighted by molar-refractivity contribution is -0.138. The molecule has 0 saturated heterocycles. The topological polar surface area (TPSA) is 135 Å². The molecule has 2 aromatic carbocycles. The van der Waals surface area contributed by atoms with E-state index in [0.717, 1.165) is 31.2 Å². The Bertz CT molecular complexity index is 1380. The summed E-state index contributed by atoms with van der Waals surface area (Å²) in [6.45, 7) is 2.34. The largest absolute Gasteiger partial charge is 0.496 e. The molecule has 10 nitrogen and oxygen atoms in total. The second kappa shape index (κ2) is 21.8. The van der Waals surface area contributed by atoms with Crippen LogP contribution in [0.3, 0.4) is 0 Å². The quantitative estimate of drug-likeness (QED) is 0.0749. The number of rotatable bonds is 22. The molecule has 3 rings (SSSR count). The van der Waals surface area contributed by atoms with E-state index in [0.29, 0.717) is 57.6 Å². The van der Waals surface area contributed by atoms with Crippen molar-refractivity contribution >= 4 is 40.7 Å². The zero-order chi connectivity index (χ0) is 35.6. The van der Waals surface area contributed by atoms with E-state index in [1.54, 1.807) is 30.2 Å². The number of ether oxygens (including phenoxy) is 3. The highest BCUT2D eigenvalue weighted by atomic mass is 127. The van der Waals surface area contributed by atoms with Gasteiger partial charge in [0.15, 0.2) is 11.5 Å². The van der Waals surface area contributed by atoms with Gasteiger partial charge in [0.05, 0.1) is 30.4 Å². The standard InChI is InChI=1S/C38H53IN2O8/c1-4-5-6-7-8-9-10-11-12-17-35(44)41(20-18-28-15-13-14-16-32(28)47-2)31-24-29(38(46)40-19-21-42)25-33(36(31)45)49-37-30(39)22-27(26-43)23-34(37)48-3/h13-16,22-23,25-26,31,33,36,42,45H,4-12,17-21,24H2,1-3H3,(H,40,46). The van der Waals surface area contributed by atoms with E-state index >= 15 is 0 Å². The summed E-state index contributed by atoms with van der Waals surface area (Å²) in [5.74, 6) is 0.821. The molecule has 2 amide bonds. The second-order valence-electron chi connectivity index (χ2n) is 12.4. The molecule has 0 saturated carbocycles. The molecule has 3 N–H and O–H groups in total. The average molecular weight is 793 g/mol. The first kappa shape index (κ1) is 40.3. The van der Waals surface area contributed by atoms with Crippen molar-refractivity contribution in [3.8, 4) is 17.2 Å². The fraction of sp³-hybridized carbons (Fsp3) is 0.553. The van der Waals surface area contributed by atoms with Gasteiger partial charge in [-0.15, -0.1) is 0 Å². The van der Waals surface area contributed by atoms with Crippen molar-refractivity contribution < 1.29 is 38.8 Å². The lowest BCUT2D eigenvalue weighted by Crippen LogP contribution is -2.55. The Kier molecular flexibility index (Phi) is 17.9. The summed E-state index contributed by atoms with van der Waals surface area (Å²) in [6, 6.07) is 10.1. The van der Waals surface area contributed by atoms with E-state index in [1.807, 2.05) is 46.9 Å². The van der Waals surface area contributed by atoms with Gasteiger partial charge in [-0.2, -0.15) is 0 Å². The van der Waals surface area contributed by atoms with Gasteiger partial charge in [-0.25, -0.2) is 0 Å². The third-order valence-electron chi connectivity index (χ3n) is 8.89. The molecule has 0 aliphatic heterocycles. The number of hydrogen-bond acceptors (Lipinski definition) is 8. The number of aliphatic hydroxyl groups is 2. The number of benzene rings is 2. The smallest absolute Gasteiger partial charge is 0.247 e. The fourth-order valence-electron chi connectivity index (χ4n) is 6.19. The average Bonchev–Trinajstić information content (AvgIpc) is 3.11. The van der Waals surface area contributed by atoms with Gasteiger partial charge in [-0.05, 0) is 65.3 Å². The van der Waals surface area contributed by atoms with Gasteiger partial charge in [0, 0.05) is 37.1 Å². The number of halogens is 1. The monoisotopic (exact) mass is 792 g/mol. The van der Waals surface area contributed by atoms with Crippen LogP contribution in [0.4, 0.5) is 0 Å². The number of nitrogens with zero attached hydrogens (tertiary/aromatic N) is 1. The number of carbonyl (C=O) groups excluding carboxylic acids is 3. The van der Waals surface area contributed by atoms with E-state index in [9.17, 15) is 24.6 Å². The van der Waals surface area contributed by atoms with E-state index < -0.39 is 24.2 Å². The Balaban J connectivity index is 1.89.